The van der Waals surface area contributed by atoms with E-state index in [2.05, 4.69) is 4.90 Å². The molecule has 0 bridgehead atoms. The first-order valence-corrected chi connectivity index (χ1v) is 6.36. The van der Waals surface area contributed by atoms with Crippen molar-refractivity contribution in [3.63, 3.8) is 0 Å². The van der Waals surface area contributed by atoms with Crippen LogP contribution in [0.15, 0.2) is 18.2 Å². The molecule has 2 rings (SSSR count). The van der Waals surface area contributed by atoms with E-state index in [9.17, 15) is 9.50 Å². The standard InChI is InChI=1S/C14H20FNO2/c1-9-7-16(8-10(2)18-9)13-6-4-5-12(15)14(13)11(3)17/h4-6,9-11,17H,7-8H2,1-3H3/t9?,10?,11-/m0/s1. The molecule has 2 unspecified atom stereocenters. The van der Waals surface area contributed by atoms with Crippen molar-refractivity contribution in [3.05, 3.63) is 29.6 Å². The normalized spacial score (nSPS) is 26.2. The lowest BCUT2D eigenvalue weighted by Crippen LogP contribution is -2.46. The molecule has 1 saturated heterocycles. The van der Waals surface area contributed by atoms with Gasteiger partial charge >= 0.3 is 0 Å². The Bertz CT molecular complexity index is 412. The van der Waals surface area contributed by atoms with E-state index in [1.165, 1.54) is 6.07 Å². The summed E-state index contributed by atoms with van der Waals surface area (Å²) in [7, 11) is 0. The minimum Gasteiger partial charge on any atom is -0.389 e. The Hall–Kier alpha value is -1.13. The fourth-order valence-corrected chi connectivity index (χ4v) is 2.59. The molecule has 1 aromatic carbocycles. The van der Waals surface area contributed by atoms with E-state index in [0.29, 0.717) is 18.7 Å². The molecule has 3 nitrogen and oxygen atoms in total. The second-order valence-electron chi connectivity index (χ2n) is 5.01. The number of hydrogen-bond acceptors (Lipinski definition) is 3. The molecule has 0 amide bonds. The van der Waals surface area contributed by atoms with E-state index in [1.807, 2.05) is 19.9 Å². The zero-order valence-electron chi connectivity index (χ0n) is 11.1. The van der Waals surface area contributed by atoms with Crippen LogP contribution in [-0.4, -0.2) is 30.4 Å². The van der Waals surface area contributed by atoms with E-state index in [1.54, 1.807) is 13.0 Å². The lowest BCUT2D eigenvalue weighted by molar-refractivity contribution is -0.00541. The van der Waals surface area contributed by atoms with Crippen LogP contribution < -0.4 is 4.90 Å². The molecule has 0 aliphatic carbocycles. The van der Waals surface area contributed by atoms with Gasteiger partial charge in [0.05, 0.1) is 18.3 Å². The molecule has 0 saturated carbocycles. The summed E-state index contributed by atoms with van der Waals surface area (Å²) in [5, 5.41) is 9.75. The van der Waals surface area contributed by atoms with Gasteiger partial charge in [0, 0.05) is 24.3 Å². The number of nitrogens with zero attached hydrogens (tertiary/aromatic N) is 1. The Morgan fingerprint density at radius 1 is 1.33 bits per heavy atom. The molecule has 1 aliphatic heterocycles. The summed E-state index contributed by atoms with van der Waals surface area (Å²) < 4.78 is 19.5. The van der Waals surface area contributed by atoms with Gasteiger partial charge in [0.2, 0.25) is 0 Å². The van der Waals surface area contributed by atoms with Gasteiger partial charge in [-0.3, -0.25) is 0 Å². The van der Waals surface area contributed by atoms with Crippen molar-refractivity contribution >= 4 is 5.69 Å². The Morgan fingerprint density at radius 2 is 1.94 bits per heavy atom. The predicted octanol–water partition coefficient (Wildman–Crippen LogP) is 2.49. The third-order valence-electron chi connectivity index (χ3n) is 3.21. The zero-order chi connectivity index (χ0) is 13.3. The van der Waals surface area contributed by atoms with Crippen LogP contribution in [0, 0.1) is 5.82 Å². The van der Waals surface area contributed by atoms with Crippen LogP contribution in [0.5, 0.6) is 0 Å². The molecule has 1 aromatic rings. The molecule has 0 radical (unpaired) electrons. The Labute approximate surface area is 107 Å². The summed E-state index contributed by atoms with van der Waals surface area (Å²) >= 11 is 0. The fourth-order valence-electron chi connectivity index (χ4n) is 2.59. The van der Waals surface area contributed by atoms with Crippen LogP contribution in [0.3, 0.4) is 0 Å². The smallest absolute Gasteiger partial charge is 0.131 e. The van der Waals surface area contributed by atoms with Gasteiger partial charge < -0.3 is 14.7 Å². The maximum absolute atomic E-state index is 13.8. The zero-order valence-corrected chi connectivity index (χ0v) is 11.1. The van der Waals surface area contributed by atoms with Crippen molar-refractivity contribution < 1.29 is 14.2 Å². The van der Waals surface area contributed by atoms with Crippen molar-refractivity contribution in [1.82, 2.24) is 0 Å². The number of hydrogen-bond donors (Lipinski definition) is 1. The van der Waals surface area contributed by atoms with Gasteiger partial charge in [-0.2, -0.15) is 0 Å². The third-order valence-corrected chi connectivity index (χ3v) is 3.21. The highest BCUT2D eigenvalue weighted by molar-refractivity contribution is 5.55. The molecule has 1 N–H and O–H groups in total. The van der Waals surface area contributed by atoms with Gasteiger partial charge in [0.25, 0.3) is 0 Å². The van der Waals surface area contributed by atoms with Crippen molar-refractivity contribution in [3.8, 4) is 0 Å². The van der Waals surface area contributed by atoms with Gasteiger partial charge in [-0.05, 0) is 32.9 Å². The first-order chi connectivity index (χ1) is 8.49. The predicted molar refractivity (Wildman–Crippen MR) is 69.3 cm³/mol. The highest BCUT2D eigenvalue weighted by Crippen LogP contribution is 2.30. The summed E-state index contributed by atoms with van der Waals surface area (Å²) in [5.74, 6) is -0.353. The van der Waals surface area contributed by atoms with Crippen molar-refractivity contribution in [1.29, 1.82) is 0 Å². The molecule has 0 spiro atoms. The van der Waals surface area contributed by atoms with Crippen LogP contribution in [0.25, 0.3) is 0 Å². The topological polar surface area (TPSA) is 32.7 Å². The number of morpholine rings is 1. The quantitative estimate of drug-likeness (QED) is 0.879. The van der Waals surface area contributed by atoms with Crippen molar-refractivity contribution in [2.45, 2.75) is 39.1 Å². The molecular weight excluding hydrogens is 233 g/mol. The van der Waals surface area contributed by atoms with Crippen LogP contribution in [0.1, 0.15) is 32.4 Å². The van der Waals surface area contributed by atoms with Gasteiger partial charge in [0.15, 0.2) is 0 Å². The van der Waals surface area contributed by atoms with Gasteiger partial charge in [-0.25, -0.2) is 4.39 Å². The minimum absolute atomic E-state index is 0.110. The van der Waals surface area contributed by atoms with Gasteiger partial charge in [-0.1, -0.05) is 6.07 Å². The molecule has 1 fully saturated rings. The largest absolute Gasteiger partial charge is 0.389 e. The highest BCUT2D eigenvalue weighted by Gasteiger charge is 2.26. The Morgan fingerprint density at radius 3 is 2.50 bits per heavy atom. The molecule has 0 aromatic heterocycles. The Balaban J connectivity index is 2.35. The van der Waals surface area contributed by atoms with E-state index < -0.39 is 6.10 Å². The van der Waals surface area contributed by atoms with Crippen LogP contribution in [0.4, 0.5) is 10.1 Å². The number of anilines is 1. The summed E-state index contributed by atoms with van der Waals surface area (Å²) in [6.07, 6.45) is -0.590. The number of halogens is 1. The van der Waals surface area contributed by atoms with Crippen molar-refractivity contribution in [2.24, 2.45) is 0 Å². The Kier molecular flexibility index (Phi) is 3.88. The molecule has 1 aliphatic rings. The molecular formula is C14H20FNO2. The lowest BCUT2D eigenvalue weighted by atomic mass is 10.0. The van der Waals surface area contributed by atoms with E-state index in [4.69, 9.17) is 4.74 Å². The van der Waals surface area contributed by atoms with E-state index >= 15 is 0 Å². The van der Waals surface area contributed by atoms with Crippen LogP contribution in [0.2, 0.25) is 0 Å². The highest BCUT2D eigenvalue weighted by atomic mass is 19.1. The number of aliphatic hydroxyl groups is 1. The molecule has 4 heteroatoms. The lowest BCUT2D eigenvalue weighted by Gasteiger charge is -2.38. The third kappa shape index (κ3) is 2.65. The molecule has 1 heterocycles. The van der Waals surface area contributed by atoms with Crippen LogP contribution in [-0.2, 0) is 4.74 Å². The first kappa shape index (κ1) is 13.3. The van der Waals surface area contributed by atoms with Gasteiger partial charge in [-0.15, -0.1) is 0 Å². The van der Waals surface area contributed by atoms with E-state index in [-0.39, 0.29) is 18.0 Å². The summed E-state index contributed by atoms with van der Waals surface area (Å²) in [6.45, 7) is 7.03. The maximum Gasteiger partial charge on any atom is 0.131 e. The summed E-state index contributed by atoms with van der Waals surface area (Å²) in [6, 6.07) is 4.93. The molecule has 100 valence electrons. The van der Waals surface area contributed by atoms with Gasteiger partial charge in [0.1, 0.15) is 5.82 Å². The number of aliphatic hydroxyl groups excluding tert-OH is 1. The second kappa shape index (κ2) is 5.24. The SMILES string of the molecule is CC1CN(c2cccc(F)c2[C@H](C)O)CC(C)O1. The first-order valence-electron chi connectivity index (χ1n) is 6.36. The minimum atomic E-state index is -0.811. The van der Waals surface area contributed by atoms with Crippen molar-refractivity contribution in [2.75, 3.05) is 18.0 Å². The summed E-state index contributed by atoms with van der Waals surface area (Å²) in [4.78, 5) is 2.09. The molecule has 18 heavy (non-hydrogen) atoms. The van der Waals surface area contributed by atoms with E-state index in [0.717, 1.165) is 5.69 Å². The van der Waals surface area contributed by atoms with Crippen LogP contribution >= 0.6 is 0 Å². The average Bonchev–Trinajstić information content (AvgIpc) is 2.26. The molecule has 3 atom stereocenters. The average molecular weight is 253 g/mol. The number of ether oxygens (including phenoxy) is 1. The summed E-state index contributed by atoms with van der Waals surface area (Å²) in [5.41, 5.74) is 1.14. The monoisotopic (exact) mass is 253 g/mol. The maximum atomic E-state index is 13.8. The second-order valence-corrected chi connectivity index (χ2v) is 5.01. The fraction of sp³-hybridized carbons (Fsp3) is 0.571. The number of benzene rings is 1. The number of rotatable bonds is 2.